The van der Waals surface area contributed by atoms with Gasteiger partial charge in [0, 0.05) is 18.6 Å². The quantitative estimate of drug-likeness (QED) is 0.621. The van der Waals surface area contributed by atoms with Crippen LogP contribution in [-0.2, 0) is 0 Å². The van der Waals surface area contributed by atoms with Crippen LogP contribution in [-0.4, -0.2) is 9.97 Å². The zero-order valence-corrected chi connectivity index (χ0v) is 14.4. The minimum Gasteiger partial charge on any atom is -0.316 e. The fourth-order valence-corrected chi connectivity index (χ4v) is 2.35. The molecule has 0 saturated heterocycles. The Kier molecular flexibility index (Phi) is 8.53. The normalized spacial score (nSPS) is 8.91. The molecule has 0 unspecified atom stereocenters. The van der Waals surface area contributed by atoms with E-state index in [0.717, 1.165) is 22.2 Å². The number of hydrogen-bond acceptors (Lipinski definition) is 4. The number of hydrogen-bond donors (Lipinski definition) is 1. The molecule has 0 amide bonds. The van der Waals surface area contributed by atoms with E-state index in [1.54, 1.807) is 17.5 Å². The van der Waals surface area contributed by atoms with Crippen LogP contribution in [0, 0.1) is 0 Å². The molecule has 1 N–H and O–H groups in total. The number of nitrogens with one attached hydrogen (secondary N) is 1. The first-order valence-corrected chi connectivity index (χ1v) is 8.49. The van der Waals surface area contributed by atoms with Gasteiger partial charge in [-0.25, -0.2) is 9.97 Å². The molecular weight excluding hydrogens is 290 g/mol. The Hall–Kier alpha value is -2.20. The van der Waals surface area contributed by atoms with E-state index in [4.69, 9.17) is 0 Å². The molecule has 2 heterocycles. The van der Waals surface area contributed by atoms with Crippen LogP contribution in [0.15, 0.2) is 60.1 Å². The predicted molar refractivity (Wildman–Crippen MR) is 99.9 cm³/mol. The second-order valence-electron chi connectivity index (χ2n) is 3.74. The molecule has 0 aliphatic carbocycles. The van der Waals surface area contributed by atoms with Gasteiger partial charge in [0.1, 0.15) is 5.82 Å². The summed E-state index contributed by atoms with van der Waals surface area (Å²) in [5.41, 5.74) is 2.11. The molecule has 2 aromatic heterocycles. The van der Waals surface area contributed by atoms with Gasteiger partial charge in [-0.3, -0.25) is 0 Å². The van der Waals surface area contributed by atoms with E-state index in [1.165, 1.54) is 0 Å². The van der Waals surface area contributed by atoms with E-state index in [2.05, 4.69) is 27.4 Å². The molecule has 0 atom stereocenters. The van der Waals surface area contributed by atoms with Crippen molar-refractivity contribution in [1.29, 1.82) is 0 Å². The Labute approximate surface area is 138 Å². The minimum atomic E-state index is 0. The SMILES string of the molecule is CC.CC.[HH].c1ccc(-c2csc(Nc3ccccn3)n2)cc1. The lowest BCUT2D eigenvalue weighted by Crippen LogP contribution is -1.91. The fraction of sp³-hybridized carbons (Fsp3) is 0.222. The molecule has 0 bridgehead atoms. The van der Waals surface area contributed by atoms with Crippen molar-refractivity contribution >= 4 is 22.3 Å². The summed E-state index contributed by atoms with van der Waals surface area (Å²) in [7, 11) is 0. The first kappa shape index (κ1) is 17.9. The second kappa shape index (κ2) is 10.5. The summed E-state index contributed by atoms with van der Waals surface area (Å²) in [5.74, 6) is 0.812. The van der Waals surface area contributed by atoms with E-state index in [1.807, 2.05) is 69.5 Å². The van der Waals surface area contributed by atoms with E-state index in [9.17, 15) is 0 Å². The number of pyridine rings is 1. The Morgan fingerprint density at radius 3 is 2.23 bits per heavy atom. The monoisotopic (exact) mass is 315 g/mol. The topological polar surface area (TPSA) is 37.8 Å². The van der Waals surface area contributed by atoms with Gasteiger partial charge >= 0.3 is 0 Å². The summed E-state index contributed by atoms with van der Waals surface area (Å²) in [6.45, 7) is 8.00. The summed E-state index contributed by atoms with van der Waals surface area (Å²) >= 11 is 1.58. The first-order chi connectivity index (χ1) is 10.9. The number of anilines is 2. The molecule has 3 rings (SSSR count). The van der Waals surface area contributed by atoms with E-state index in [-0.39, 0.29) is 1.43 Å². The Balaban J connectivity index is 0.000000901. The number of nitrogens with zero attached hydrogens (tertiary/aromatic N) is 2. The maximum Gasteiger partial charge on any atom is 0.188 e. The summed E-state index contributed by atoms with van der Waals surface area (Å²) in [6.07, 6.45) is 1.76. The zero-order valence-electron chi connectivity index (χ0n) is 13.6. The molecular formula is C18H25N3S. The van der Waals surface area contributed by atoms with Gasteiger partial charge in [0.2, 0.25) is 0 Å². The molecule has 0 aliphatic heterocycles. The van der Waals surface area contributed by atoms with Crippen LogP contribution in [0.5, 0.6) is 0 Å². The molecule has 4 heteroatoms. The Bertz CT molecular complexity index is 627. The largest absolute Gasteiger partial charge is 0.316 e. The third-order valence-corrected chi connectivity index (χ3v) is 3.23. The van der Waals surface area contributed by atoms with Gasteiger partial charge in [-0.05, 0) is 12.1 Å². The molecule has 22 heavy (non-hydrogen) atoms. The van der Waals surface area contributed by atoms with E-state index in [0.29, 0.717) is 0 Å². The third-order valence-electron chi connectivity index (χ3n) is 2.47. The molecule has 118 valence electrons. The Morgan fingerprint density at radius 2 is 1.59 bits per heavy atom. The number of benzene rings is 1. The average Bonchev–Trinajstić information content (AvgIpc) is 3.09. The van der Waals surface area contributed by atoms with Crippen LogP contribution in [0.3, 0.4) is 0 Å². The lowest BCUT2D eigenvalue weighted by molar-refractivity contribution is 1.29. The summed E-state index contributed by atoms with van der Waals surface area (Å²) in [6, 6.07) is 15.9. The zero-order chi connectivity index (χ0) is 16.2. The van der Waals surface area contributed by atoms with Crippen LogP contribution in [0.2, 0.25) is 0 Å². The lowest BCUT2D eigenvalue weighted by atomic mass is 10.2. The molecule has 3 nitrogen and oxygen atoms in total. The van der Waals surface area contributed by atoms with Crippen molar-refractivity contribution < 1.29 is 1.43 Å². The highest BCUT2D eigenvalue weighted by atomic mass is 32.1. The molecule has 3 aromatic rings. The van der Waals surface area contributed by atoms with Crippen LogP contribution < -0.4 is 5.32 Å². The van der Waals surface area contributed by atoms with Crippen molar-refractivity contribution in [3.63, 3.8) is 0 Å². The van der Waals surface area contributed by atoms with Crippen molar-refractivity contribution in [3.8, 4) is 11.3 Å². The van der Waals surface area contributed by atoms with Crippen LogP contribution in [0.4, 0.5) is 10.9 Å². The highest BCUT2D eigenvalue weighted by molar-refractivity contribution is 7.14. The number of thiazole rings is 1. The fourth-order valence-electron chi connectivity index (χ4n) is 1.62. The van der Waals surface area contributed by atoms with Gasteiger partial charge in [0.15, 0.2) is 5.13 Å². The molecule has 0 saturated carbocycles. The first-order valence-electron chi connectivity index (χ1n) is 7.61. The van der Waals surface area contributed by atoms with Gasteiger partial charge in [-0.2, -0.15) is 0 Å². The van der Waals surface area contributed by atoms with Crippen molar-refractivity contribution in [1.82, 2.24) is 9.97 Å². The molecule has 0 radical (unpaired) electrons. The van der Waals surface area contributed by atoms with Crippen LogP contribution in [0.25, 0.3) is 11.3 Å². The number of rotatable bonds is 3. The lowest BCUT2D eigenvalue weighted by Gasteiger charge is -1.99. The summed E-state index contributed by atoms with van der Waals surface area (Å²) in [5, 5.41) is 6.09. The van der Waals surface area contributed by atoms with Crippen LogP contribution in [0.1, 0.15) is 29.1 Å². The maximum absolute atomic E-state index is 4.54. The van der Waals surface area contributed by atoms with Gasteiger partial charge in [-0.1, -0.05) is 64.1 Å². The van der Waals surface area contributed by atoms with E-state index >= 15 is 0 Å². The minimum absolute atomic E-state index is 0. The van der Waals surface area contributed by atoms with Gasteiger partial charge in [-0.15, -0.1) is 11.3 Å². The molecule has 0 fully saturated rings. The van der Waals surface area contributed by atoms with Crippen molar-refractivity contribution in [2.45, 2.75) is 27.7 Å². The van der Waals surface area contributed by atoms with Gasteiger partial charge in [0.25, 0.3) is 0 Å². The highest BCUT2D eigenvalue weighted by Gasteiger charge is 2.04. The molecule has 1 aromatic carbocycles. The standard InChI is InChI=1S/C14H11N3S.2C2H6.H2/c1-2-6-11(7-3-1)12-10-18-14(16-12)17-13-8-4-5-9-15-13;2*1-2;/h1-10H,(H,15,16,17);2*1-2H3;1H. The highest BCUT2D eigenvalue weighted by Crippen LogP contribution is 2.26. The molecule has 0 aliphatic rings. The third kappa shape index (κ3) is 5.30. The van der Waals surface area contributed by atoms with E-state index < -0.39 is 0 Å². The number of aromatic nitrogens is 2. The van der Waals surface area contributed by atoms with Gasteiger partial charge in [0.05, 0.1) is 5.69 Å². The molecule has 0 spiro atoms. The van der Waals surface area contributed by atoms with Crippen molar-refractivity contribution in [3.05, 3.63) is 60.1 Å². The second-order valence-corrected chi connectivity index (χ2v) is 4.60. The summed E-state index contributed by atoms with van der Waals surface area (Å²) < 4.78 is 0. The predicted octanol–water partition coefficient (Wildman–Crippen LogP) is 6.25. The van der Waals surface area contributed by atoms with Gasteiger partial charge < -0.3 is 5.32 Å². The Morgan fingerprint density at radius 1 is 0.909 bits per heavy atom. The average molecular weight is 315 g/mol. The maximum atomic E-state index is 4.54. The van der Waals surface area contributed by atoms with Crippen LogP contribution >= 0.6 is 11.3 Å². The summed E-state index contributed by atoms with van der Waals surface area (Å²) in [4.78, 5) is 8.75. The smallest absolute Gasteiger partial charge is 0.188 e. The van der Waals surface area contributed by atoms with Crippen molar-refractivity contribution in [2.75, 3.05) is 5.32 Å². The van der Waals surface area contributed by atoms with Crippen molar-refractivity contribution in [2.24, 2.45) is 0 Å².